The summed E-state index contributed by atoms with van der Waals surface area (Å²) >= 11 is 0. The second-order valence-corrected chi connectivity index (χ2v) is 7.62. The molecule has 0 saturated heterocycles. The number of nitrogens with zero attached hydrogens (tertiary/aromatic N) is 2. The Labute approximate surface area is 163 Å². The molecule has 0 bridgehead atoms. The van der Waals surface area contributed by atoms with Gasteiger partial charge in [0.1, 0.15) is 24.7 Å². The first-order valence-corrected chi connectivity index (χ1v) is 9.94. The number of halogens is 1. The van der Waals surface area contributed by atoms with Crippen molar-refractivity contribution in [3.05, 3.63) is 53.8 Å². The number of hydrogen-bond donors (Lipinski definition) is 1. The van der Waals surface area contributed by atoms with Crippen molar-refractivity contribution in [2.75, 3.05) is 31.2 Å². The van der Waals surface area contributed by atoms with Gasteiger partial charge in [0.15, 0.2) is 18.0 Å². The molecule has 3 aliphatic heterocycles. The quantitative estimate of drug-likeness (QED) is 0.809. The van der Waals surface area contributed by atoms with Crippen LogP contribution in [-0.4, -0.2) is 41.8 Å². The summed E-state index contributed by atoms with van der Waals surface area (Å²) in [6, 6.07) is 12.1. The van der Waals surface area contributed by atoms with Crippen LogP contribution in [0.3, 0.4) is 0 Å². The van der Waals surface area contributed by atoms with Crippen LogP contribution < -0.4 is 14.4 Å². The Balaban J connectivity index is 1.58. The van der Waals surface area contributed by atoms with E-state index in [0.29, 0.717) is 25.3 Å². The molecule has 0 fully saturated rings. The van der Waals surface area contributed by atoms with Gasteiger partial charge in [-0.2, -0.15) is 0 Å². The van der Waals surface area contributed by atoms with Crippen LogP contribution in [0.4, 0.5) is 10.1 Å². The van der Waals surface area contributed by atoms with E-state index in [4.69, 9.17) is 9.47 Å². The highest BCUT2D eigenvalue weighted by Crippen LogP contribution is 2.39. The summed E-state index contributed by atoms with van der Waals surface area (Å²) in [7, 11) is 0. The van der Waals surface area contributed by atoms with E-state index in [2.05, 4.69) is 9.48 Å². The summed E-state index contributed by atoms with van der Waals surface area (Å²) in [5.74, 6) is 2.31. The number of β-amino-alcohol motifs (C(OH)–C–C–N with tert-alkyl or cyclic N) is 1. The third-order valence-corrected chi connectivity index (χ3v) is 5.87. The van der Waals surface area contributed by atoms with Gasteiger partial charge in [-0.05, 0) is 55.7 Å². The van der Waals surface area contributed by atoms with Crippen molar-refractivity contribution in [1.82, 2.24) is 0 Å². The maximum Gasteiger partial charge on any atom is 0.271 e. The number of fused-ring (bicyclic) bond motifs is 1. The molecule has 0 amide bonds. The van der Waals surface area contributed by atoms with E-state index >= 15 is 0 Å². The van der Waals surface area contributed by atoms with E-state index in [1.165, 1.54) is 12.1 Å². The maximum atomic E-state index is 13.5. The summed E-state index contributed by atoms with van der Waals surface area (Å²) in [5.41, 5.74) is 0.512. The van der Waals surface area contributed by atoms with Crippen molar-refractivity contribution in [2.24, 2.45) is 0 Å². The van der Waals surface area contributed by atoms with Crippen molar-refractivity contribution in [1.29, 1.82) is 0 Å². The summed E-state index contributed by atoms with van der Waals surface area (Å²) in [4.78, 5) is 2.17. The van der Waals surface area contributed by atoms with Crippen LogP contribution in [0, 0.1) is 5.82 Å². The minimum atomic E-state index is -1.18. The standard InChI is InChI=1S/C22H24FN2O3/c23-17-7-5-16(6-8-17)22(26)15-24(21-4-2-1-3-11-25(21)22)18-9-10-19-20(14-18)28-13-12-27-19/h5-10,14,26H,1-4,11-13,15H2/q+1/t22-/m0/s1. The first-order valence-electron chi connectivity index (χ1n) is 9.94. The number of rotatable bonds is 2. The molecule has 0 aliphatic carbocycles. The highest BCUT2D eigenvalue weighted by Gasteiger charge is 2.52. The van der Waals surface area contributed by atoms with Crippen LogP contribution in [0.2, 0.25) is 0 Å². The van der Waals surface area contributed by atoms with Crippen LogP contribution in [0.15, 0.2) is 42.5 Å². The van der Waals surface area contributed by atoms with E-state index < -0.39 is 5.72 Å². The van der Waals surface area contributed by atoms with Gasteiger partial charge in [-0.1, -0.05) is 0 Å². The van der Waals surface area contributed by atoms with Crippen LogP contribution in [0.25, 0.3) is 0 Å². The van der Waals surface area contributed by atoms with Crippen molar-refractivity contribution in [3.8, 4) is 11.5 Å². The van der Waals surface area contributed by atoms with Crippen molar-refractivity contribution in [3.63, 3.8) is 0 Å². The van der Waals surface area contributed by atoms with Gasteiger partial charge in [0.2, 0.25) is 0 Å². The largest absolute Gasteiger partial charge is 0.486 e. The molecule has 2 aromatic rings. The summed E-state index contributed by atoms with van der Waals surface area (Å²) in [6.07, 6.45) is 4.15. The number of benzene rings is 2. The zero-order valence-electron chi connectivity index (χ0n) is 15.7. The normalized spacial score (nSPS) is 24.1. The monoisotopic (exact) mass is 383 g/mol. The van der Waals surface area contributed by atoms with Crippen LogP contribution >= 0.6 is 0 Å². The average molecular weight is 383 g/mol. The molecular formula is C22H24FN2O3+. The third-order valence-electron chi connectivity index (χ3n) is 5.87. The molecule has 6 heteroatoms. The van der Waals surface area contributed by atoms with E-state index in [0.717, 1.165) is 55.3 Å². The SMILES string of the molecule is O[C@]1(c2ccc(F)cc2)CN(c2ccc3c(c2)OCCO3)C2=[N+]1CCCCC2. The van der Waals surface area contributed by atoms with Gasteiger partial charge in [-0.15, -0.1) is 0 Å². The second-order valence-electron chi connectivity index (χ2n) is 7.62. The van der Waals surface area contributed by atoms with E-state index in [-0.39, 0.29) is 5.82 Å². The fraction of sp³-hybridized carbons (Fsp3) is 0.409. The zero-order valence-corrected chi connectivity index (χ0v) is 15.7. The molecule has 28 heavy (non-hydrogen) atoms. The molecule has 1 N–H and O–H groups in total. The minimum absolute atomic E-state index is 0.297. The lowest BCUT2D eigenvalue weighted by molar-refractivity contribution is -0.658. The topological polar surface area (TPSA) is 44.9 Å². The Kier molecular flexibility index (Phi) is 4.23. The van der Waals surface area contributed by atoms with Gasteiger partial charge >= 0.3 is 0 Å². The molecule has 1 atom stereocenters. The van der Waals surface area contributed by atoms with Gasteiger partial charge in [-0.25, -0.2) is 13.9 Å². The predicted octanol–water partition coefficient (Wildman–Crippen LogP) is 3.25. The lowest BCUT2D eigenvalue weighted by Crippen LogP contribution is -2.41. The van der Waals surface area contributed by atoms with Gasteiger partial charge in [-0.3, -0.25) is 0 Å². The molecule has 5 rings (SSSR count). The molecule has 3 aliphatic rings. The van der Waals surface area contributed by atoms with Gasteiger partial charge in [0, 0.05) is 18.1 Å². The molecule has 0 aromatic heterocycles. The fourth-order valence-electron chi connectivity index (χ4n) is 4.47. The van der Waals surface area contributed by atoms with E-state index in [1.54, 1.807) is 12.1 Å². The van der Waals surface area contributed by atoms with Crippen LogP contribution in [0.5, 0.6) is 11.5 Å². The average Bonchev–Trinajstić information content (AvgIpc) is 2.87. The lowest BCUT2D eigenvalue weighted by Gasteiger charge is -2.24. The smallest absolute Gasteiger partial charge is 0.271 e. The second kappa shape index (κ2) is 6.78. The Bertz CT molecular complexity index is 928. The number of ether oxygens (including phenoxy) is 2. The number of amidine groups is 1. The first kappa shape index (κ1) is 17.5. The van der Waals surface area contributed by atoms with Crippen molar-refractivity contribution < 1.29 is 23.5 Å². The lowest BCUT2D eigenvalue weighted by atomic mass is 10.0. The minimum Gasteiger partial charge on any atom is -0.486 e. The van der Waals surface area contributed by atoms with Gasteiger partial charge in [0.05, 0.1) is 6.54 Å². The third kappa shape index (κ3) is 2.83. The molecule has 146 valence electrons. The molecule has 3 heterocycles. The van der Waals surface area contributed by atoms with Crippen LogP contribution in [-0.2, 0) is 5.72 Å². The molecule has 0 radical (unpaired) electrons. The Morgan fingerprint density at radius 3 is 2.57 bits per heavy atom. The number of aliphatic hydroxyl groups is 1. The van der Waals surface area contributed by atoms with Gasteiger partial charge in [0.25, 0.3) is 11.6 Å². The first-order chi connectivity index (χ1) is 13.6. The summed E-state index contributed by atoms with van der Waals surface area (Å²) < 4.78 is 27.0. The Hall–Kier alpha value is -2.60. The molecule has 2 aromatic carbocycles. The van der Waals surface area contributed by atoms with Crippen LogP contribution in [0.1, 0.15) is 31.2 Å². The maximum absolute atomic E-state index is 13.5. The molecule has 0 saturated carbocycles. The zero-order chi connectivity index (χ0) is 19.1. The number of anilines is 1. The fourth-order valence-corrected chi connectivity index (χ4v) is 4.47. The van der Waals surface area contributed by atoms with E-state index in [9.17, 15) is 9.50 Å². The summed E-state index contributed by atoms with van der Waals surface area (Å²) in [6.45, 7) is 2.28. The predicted molar refractivity (Wildman–Crippen MR) is 104 cm³/mol. The molecular weight excluding hydrogens is 359 g/mol. The highest BCUT2D eigenvalue weighted by molar-refractivity contribution is 5.96. The molecule has 5 nitrogen and oxygen atoms in total. The van der Waals surface area contributed by atoms with Gasteiger partial charge < -0.3 is 14.6 Å². The molecule has 0 unspecified atom stereocenters. The Morgan fingerprint density at radius 2 is 1.75 bits per heavy atom. The van der Waals surface area contributed by atoms with Crippen molar-refractivity contribution in [2.45, 2.75) is 31.4 Å². The Morgan fingerprint density at radius 1 is 0.964 bits per heavy atom. The number of hydrogen-bond acceptors (Lipinski definition) is 4. The highest BCUT2D eigenvalue weighted by atomic mass is 19.1. The molecule has 0 spiro atoms. The summed E-state index contributed by atoms with van der Waals surface area (Å²) in [5, 5.41) is 11.7. The van der Waals surface area contributed by atoms with E-state index in [1.807, 2.05) is 18.2 Å². The van der Waals surface area contributed by atoms with Crippen molar-refractivity contribution >= 4 is 11.5 Å².